The Morgan fingerprint density at radius 2 is 1.94 bits per heavy atom. The van der Waals surface area contributed by atoms with Gasteiger partial charge in [-0.2, -0.15) is 5.10 Å². The molecule has 0 fully saturated rings. The zero-order valence-electron chi connectivity index (χ0n) is 9.77. The molecule has 2 N–H and O–H groups in total. The monoisotopic (exact) mass is 215 g/mol. The summed E-state index contributed by atoms with van der Waals surface area (Å²) in [4.78, 5) is 0. The number of benzene rings is 1. The minimum absolute atomic E-state index is 0.492. The van der Waals surface area contributed by atoms with Crippen LogP contribution in [0.5, 0.6) is 0 Å². The Bertz CT molecular complexity index is 468. The molecule has 1 aromatic carbocycles. The number of hydrogen-bond acceptors (Lipinski definition) is 2. The molecular formula is C13H17N3. The van der Waals surface area contributed by atoms with Crippen molar-refractivity contribution in [1.82, 2.24) is 9.78 Å². The van der Waals surface area contributed by atoms with Gasteiger partial charge in [0, 0.05) is 12.2 Å². The highest BCUT2D eigenvalue weighted by Gasteiger charge is 2.06. The average molecular weight is 215 g/mol. The van der Waals surface area contributed by atoms with E-state index in [0.29, 0.717) is 6.54 Å². The van der Waals surface area contributed by atoms with Crippen LogP contribution in [0.1, 0.15) is 23.9 Å². The van der Waals surface area contributed by atoms with E-state index in [1.54, 1.807) is 0 Å². The quantitative estimate of drug-likeness (QED) is 0.853. The van der Waals surface area contributed by atoms with Crippen LogP contribution in [0.4, 0.5) is 0 Å². The number of nitrogens with zero attached hydrogens (tertiary/aromatic N) is 2. The molecule has 0 spiro atoms. The predicted molar refractivity (Wildman–Crippen MR) is 65.6 cm³/mol. The number of hydrogen-bond donors (Lipinski definition) is 1. The van der Waals surface area contributed by atoms with Crippen molar-refractivity contribution in [3.05, 3.63) is 47.3 Å². The number of aryl methyl sites for hydroxylation is 2. The summed E-state index contributed by atoms with van der Waals surface area (Å²) in [5.41, 5.74) is 10.1. The van der Waals surface area contributed by atoms with Crippen LogP contribution < -0.4 is 5.73 Å². The van der Waals surface area contributed by atoms with Crippen LogP contribution in [-0.4, -0.2) is 9.78 Å². The fraction of sp³-hybridized carbons (Fsp3) is 0.308. The molecule has 0 aliphatic heterocycles. The molecule has 0 amide bonds. The van der Waals surface area contributed by atoms with E-state index in [1.807, 2.05) is 4.68 Å². The fourth-order valence-corrected chi connectivity index (χ4v) is 1.74. The Labute approximate surface area is 95.9 Å². The molecule has 0 aliphatic carbocycles. The van der Waals surface area contributed by atoms with Crippen molar-refractivity contribution >= 4 is 0 Å². The first kappa shape index (κ1) is 10.9. The molecule has 3 heteroatoms. The lowest BCUT2D eigenvalue weighted by atomic mass is 10.2. The molecule has 0 bridgehead atoms. The molecule has 84 valence electrons. The summed E-state index contributed by atoms with van der Waals surface area (Å²) in [6.07, 6.45) is 0.959. The first-order valence-electron chi connectivity index (χ1n) is 5.59. The Hall–Kier alpha value is -1.61. The van der Waals surface area contributed by atoms with Gasteiger partial charge in [-0.25, -0.2) is 4.68 Å². The third-order valence-electron chi connectivity index (χ3n) is 2.68. The lowest BCUT2D eigenvalue weighted by Gasteiger charge is -2.05. The first-order chi connectivity index (χ1) is 7.74. The van der Waals surface area contributed by atoms with Crippen LogP contribution in [0.15, 0.2) is 30.3 Å². The molecule has 3 nitrogen and oxygen atoms in total. The zero-order chi connectivity index (χ0) is 11.5. The molecule has 1 heterocycles. The van der Waals surface area contributed by atoms with Gasteiger partial charge in [0.25, 0.3) is 0 Å². The molecule has 2 aromatic rings. The van der Waals surface area contributed by atoms with E-state index >= 15 is 0 Å². The molecule has 0 aliphatic rings. The van der Waals surface area contributed by atoms with Crippen molar-refractivity contribution in [3.63, 3.8) is 0 Å². The molecule has 1 aromatic heterocycles. The van der Waals surface area contributed by atoms with Crippen molar-refractivity contribution in [2.45, 2.75) is 26.8 Å². The van der Waals surface area contributed by atoms with E-state index in [2.05, 4.69) is 49.3 Å². The summed E-state index contributed by atoms with van der Waals surface area (Å²) in [7, 11) is 0. The normalized spacial score (nSPS) is 10.7. The minimum Gasteiger partial charge on any atom is -0.325 e. The van der Waals surface area contributed by atoms with E-state index in [4.69, 9.17) is 5.73 Å². The van der Waals surface area contributed by atoms with Crippen LogP contribution in [0, 0.1) is 6.92 Å². The molecule has 0 radical (unpaired) electrons. The van der Waals surface area contributed by atoms with Gasteiger partial charge in [0.1, 0.15) is 0 Å². The number of aromatic nitrogens is 2. The molecule has 0 unspecified atom stereocenters. The summed E-state index contributed by atoms with van der Waals surface area (Å²) >= 11 is 0. The van der Waals surface area contributed by atoms with Gasteiger partial charge in [0.05, 0.1) is 11.4 Å². The first-order valence-corrected chi connectivity index (χ1v) is 5.59. The van der Waals surface area contributed by atoms with Crippen LogP contribution in [0.2, 0.25) is 0 Å². The highest BCUT2D eigenvalue weighted by Crippen LogP contribution is 2.14. The highest BCUT2D eigenvalue weighted by molar-refractivity contribution is 5.35. The van der Waals surface area contributed by atoms with Gasteiger partial charge < -0.3 is 5.73 Å². The van der Waals surface area contributed by atoms with E-state index in [0.717, 1.165) is 17.8 Å². The van der Waals surface area contributed by atoms with Crippen LogP contribution in [-0.2, 0) is 13.0 Å². The predicted octanol–water partition coefficient (Wildman–Crippen LogP) is 2.20. The Balaban J connectivity index is 2.45. The summed E-state index contributed by atoms with van der Waals surface area (Å²) in [5, 5.41) is 4.49. The largest absolute Gasteiger partial charge is 0.325 e. The van der Waals surface area contributed by atoms with Crippen molar-refractivity contribution in [2.24, 2.45) is 5.73 Å². The summed E-state index contributed by atoms with van der Waals surface area (Å²) in [5.74, 6) is 0. The molecular weight excluding hydrogens is 198 g/mol. The third kappa shape index (κ3) is 1.99. The lowest BCUT2D eigenvalue weighted by Crippen LogP contribution is -2.02. The Morgan fingerprint density at radius 3 is 2.50 bits per heavy atom. The van der Waals surface area contributed by atoms with Gasteiger partial charge in [0.2, 0.25) is 0 Å². The van der Waals surface area contributed by atoms with Crippen molar-refractivity contribution < 1.29 is 0 Å². The molecule has 0 saturated carbocycles. The van der Waals surface area contributed by atoms with Gasteiger partial charge in [-0.05, 0) is 31.5 Å². The van der Waals surface area contributed by atoms with Crippen molar-refractivity contribution in [3.8, 4) is 5.69 Å². The second kappa shape index (κ2) is 4.49. The second-order valence-electron chi connectivity index (χ2n) is 3.93. The number of rotatable bonds is 3. The molecule has 0 atom stereocenters. The van der Waals surface area contributed by atoms with E-state index in [1.165, 1.54) is 11.3 Å². The lowest BCUT2D eigenvalue weighted by molar-refractivity contribution is 0.790. The highest BCUT2D eigenvalue weighted by atomic mass is 15.3. The van der Waals surface area contributed by atoms with Gasteiger partial charge in [-0.3, -0.25) is 0 Å². The Morgan fingerprint density at radius 1 is 1.25 bits per heavy atom. The maximum absolute atomic E-state index is 5.61. The van der Waals surface area contributed by atoms with E-state index in [-0.39, 0.29) is 0 Å². The van der Waals surface area contributed by atoms with Crippen LogP contribution in [0.3, 0.4) is 0 Å². The average Bonchev–Trinajstić information content (AvgIpc) is 2.73. The van der Waals surface area contributed by atoms with Crippen molar-refractivity contribution in [2.75, 3.05) is 0 Å². The molecule has 16 heavy (non-hydrogen) atoms. The van der Waals surface area contributed by atoms with Crippen molar-refractivity contribution in [1.29, 1.82) is 0 Å². The standard InChI is InChI=1S/C13H17N3/c1-3-12-8-11(9-14)15-16(12)13-6-4-10(2)5-7-13/h4-8H,3,9,14H2,1-2H3. The Kier molecular flexibility index (Phi) is 3.06. The summed E-state index contributed by atoms with van der Waals surface area (Å²) in [6.45, 7) is 4.70. The molecule has 2 rings (SSSR count). The number of nitrogens with two attached hydrogens (primary N) is 1. The summed E-state index contributed by atoms with van der Waals surface area (Å²) in [6, 6.07) is 10.4. The fourth-order valence-electron chi connectivity index (χ4n) is 1.74. The zero-order valence-corrected chi connectivity index (χ0v) is 9.77. The maximum Gasteiger partial charge on any atom is 0.0767 e. The topological polar surface area (TPSA) is 43.8 Å². The SMILES string of the molecule is CCc1cc(CN)nn1-c1ccc(C)cc1. The van der Waals surface area contributed by atoms with Crippen LogP contribution >= 0.6 is 0 Å². The van der Waals surface area contributed by atoms with E-state index in [9.17, 15) is 0 Å². The minimum atomic E-state index is 0.492. The van der Waals surface area contributed by atoms with Gasteiger partial charge in [0.15, 0.2) is 0 Å². The van der Waals surface area contributed by atoms with E-state index < -0.39 is 0 Å². The second-order valence-corrected chi connectivity index (χ2v) is 3.93. The third-order valence-corrected chi connectivity index (χ3v) is 2.68. The molecule has 0 saturated heterocycles. The van der Waals surface area contributed by atoms with Gasteiger partial charge in [-0.1, -0.05) is 24.6 Å². The smallest absolute Gasteiger partial charge is 0.0767 e. The van der Waals surface area contributed by atoms with Gasteiger partial charge >= 0.3 is 0 Å². The van der Waals surface area contributed by atoms with Crippen LogP contribution in [0.25, 0.3) is 5.69 Å². The van der Waals surface area contributed by atoms with Gasteiger partial charge in [-0.15, -0.1) is 0 Å². The summed E-state index contributed by atoms with van der Waals surface area (Å²) < 4.78 is 1.97. The maximum atomic E-state index is 5.61.